The molecule has 0 aliphatic carbocycles. The van der Waals surface area contributed by atoms with Crippen LogP contribution in [0.25, 0.3) is 11.3 Å². The van der Waals surface area contributed by atoms with Crippen molar-refractivity contribution in [3.8, 4) is 11.3 Å². The molecule has 1 spiro atoms. The smallest absolute Gasteiger partial charge is 0.151 e. The number of ether oxygens (including phenoxy) is 2. The maximum Gasteiger partial charge on any atom is 0.151 e. The van der Waals surface area contributed by atoms with Gasteiger partial charge in [0.1, 0.15) is 5.69 Å². The SMILES string of the molecule is CN(Cc1cc(-c2cccnc2)no1)[C@H]1CCOC2(CCOCC2)C1. The third-order valence-corrected chi connectivity index (χ3v) is 5.42. The van der Waals surface area contributed by atoms with Gasteiger partial charge < -0.3 is 14.0 Å². The van der Waals surface area contributed by atoms with E-state index in [1.165, 1.54) is 0 Å². The van der Waals surface area contributed by atoms with Gasteiger partial charge in [0.05, 0.1) is 12.1 Å². The van der Waals surface area contributed by atoms with Crippen molar-refractivity contribution < 1.29 is 14.0 Å². The fraction of sp³-hybridized carbons (Fsp3) is 0.579. The second-order valence-corrected chi connectivity index (χ2v) is 7.13. The lowest BCUT2D eigenvalue weighted by molar-refractivity contribution is -0.150. The van der Waals surface area contributed by atoms with Crippen LogP contribution in [0.3, 0.4) is 0 Å². The summed E-state index contributed by atoms with van der Waals surface area (Å²) in [6.07, 6.45) is 7.70. The minimum absolute atomic E-state index is 0.0116. The summed E-state index contributed by atoms with van der Waals surface area (Å²) in [6, 6.07) is 6.41. The van der Waals surface area contributed by atoms with Crippen molar-refractivity contribution >= 4 is 0 Å². The van der Waals surface area contributed by atoms with Crippen LogP contribution in [0.1, 0.15) is 31.4 Å². The maximum absolute atomic E-state index is 6.15. The van der Waals surface area contributed by atoms with E-state index in [2.05, 4.69) is 22.1 Å². The van der Waals surface area contributed by atoms with Gasteiger partial charge in [-0.25, -0.2) is 0 Å². The van der Waals surface area contributed by atoms with E-state index in [-0.39, 0.29) is 5.60 Å². The van der Waals surface area contributed by atoms with Crippen molar-refractivity contribution in [2.24, 2.45) is 0 Å². The largest absolute Gasteiger partial charge is 0.381 e. The predicted molar refractivity (Wildman–Crippen MR) is 93.0 cm³/mol. The number of pyridine rings is 1. The number of rotatable bonds is 4. The first-order valence-corrected chi connectivity index (χ1v) is 9.02. The van der Waals surface area contributed by atoms with Crippen LogP contribution < -0.4 is 0 Å². The molecule has 0 bridgehead atoms. The summed E-state index contributed by atoms with van der Waals surface area (Å²) in [4.78, 5) is 6.51. The average Bonchev–Trinajstić information content (AvgIpc) is 3.12. The van der Waals surface area contributed by atoms with Crippen molar-refractivity contribution in [1.29, 1.82) is 0 Å². The number of hydrogen-bond acceptors (Lipinski definition) is 6. The second-order valence-electron chi connectivity index (χ2n) is 7.13. The topological polar surface area (TPSA) is 60.6 Å². The Morgan fingerprint density at radius 1 is 1.28 bits per heavy atom. The molecule has 6 heteroatoms. The van der Waals surface area contributed by atoms with Crippen molar-refractivity contribution in [3.05, 3.63) is 36.4 Å². The highest BCUT2D eigenvalue weighted by Gasteiger charge is 2.40. The Bertz CT molecular complexity index is 677. The van der Waals surface area contributed by atoms with Crippen LogP contribution in [0, 0.1) is 0 Å². The summed E-state index contributed by atoms with van der Waals surface area (Å²) in [5.41, 5.74) is 1.83. The summed E-state index contributed by atoms with van der Waals surface area (Å²) in [7, 11) is 2.16. The highest BCUT2D eigenvalue weighted by Crippen LogP contribution is 2.36. The van der Waals surface area contributed by atoms with E-state index in [1.54, 1.807) is 12.4 Å². The third kappa shape index (κ3) is 3.76. The Hall–Kier alpha value is -1.76. The Morgan fingerprint density at radius 3 is 2.96 bits per heavy atom. The van der Waals surface area contributed by atoms with Crippen molar-refractivity contribution in [2.45, 2.75) is 43.9 Å². The molecule has 4 heterocycles. The first-order chi connectivity index (χ1) is 12.2. The maximum atomic E-state index is 6.15. The lowest BCUT2D eigenvalue weighted by Gasteiger charge is -2.45. The van der Waals surface area contributed by atoms with Crippen LogP contribution in [0.2, 0.25) is 0 Å². The number of aromatic nitrogens is 2. The monoisotopic (exact) mass is 343 g/mol. The summed E-state index contributed by atoms with van der Waals surface area (Å²) in [5.74, 6) is 0.883. The lowest BCUT2D eigenvalue weighted by Crippen LogP contribution is -2.50. The first-order valence-electron chi connectivity index (χ1n) is 9.02. The van der Waals surface area contributed by atoms with Gasteiger partial charge in [-0.2, -0.15) is 0 Å². The van der Waals surface area contributed by atoms with Crippen LogP contribution in [0.15, 0.2) is 35.1 Å². The highest BCUT2D eigenvalue weighted by molar-refractivity contribution is 5.57. The van der Waals surface area contributed by atoms with Crippen LogP contribution in [0.5, 0.6) is 0 Å². The minimum Gasteiger partial charge on any atom is -0.381 e. The van der Waals surface area contributed by atoms with E-state index in [9.17, 15) is 0 Å². The third-order valence-electron chi connectivity index (χ3n) is 5.42. The molecule has 0 N–H and O–H groups in total. The van der Waals surface area contributed by atoms with Gasteiger partial charge in [-0.05, 0) is 44.9 Å². The molecule has 2 saturated heterocycles. The number of hydrogen-bond donors (Lipinski definition) is 0. The van der Waals surface area contributed by atoms with Gasteiger partial charge in [0.15, 0.2) is 5.76 Å². The molecule has 1 atom stereocenters. The minimum atomic E-state index is 0.0116. The van der Waals surface area contributed by atoms with Gasteiger partial charge in [-0.3, -0.25) is 9.88 Å². The van der Waals surface area contributed by atoms with E-state index in [1.807, 2.05) is 18.2 Å². The molecular weight excluding hydrogens is 318 g/mol. The zero-order valence-electron chi connectivity index (χ0n) is 14.7. The van der Waals surface area contributed by atoms with E-state index >= 15 is 0 Å². The molecule has 0 radical (unpaired) electrons. The lowest BCUT2D eigenvalue weighted by atomic mass is 9.83. The van der Waals surface area contributed by atoms with Crippen LogP contribution >= 0.6 is 0 Å². The van der Waals surface area contributed by atoms with E-state index in [4.69, 9.17) is 14.0 Å². The van der Waals surface area contributed by atoms with E-state index < -0.39 is 0 Å². The van der Waals surface area contributed by atoms with Crippen LogP contribution in [-0.4, -0.2) is 53.6 Å². The van der Waals surface area contributed by atoms with Crippen molar-refractivity contribution in [1.82, 2.24) is 15.0 Å². The zero-order valence-corrected chi connectivity index (χ0v) is 14.7. The van der Waals surface area contributed by atoms with E-state index in [0.717, 1.165) is 69.1 Å². The standard InChI is InChI=1S/C19H25N3O3/c1-22(16-4-8-24-19(12-16)5-9-23-10-6-19)14-17-11-18(21-25-17)15-3-2-7-20-13-15/h2-3,7,11,13,16H,4-6,8-10,12,14H2,1H3/t16-/m0/s1. The first kappa shape index (κ1) is 16.7. The van der Waals surface area contributed by atoms with Crippen molar-refractivity contribution in [3.63, 3.8) is 0 Å². The second kappa shape index (κ2) is 7.23. The van der Waals surface area contributed by atoms with Gasteiger partial charge in [-0.15, -0.1) is 0 Å². The highest BCUT2D eigenvalue weighted by atomic mass is 16.5. The summed E-state index contributed by atoms with van der Waals surface area (Å²) < 4.78 is 17.2. The Kier molecular flexibility index (Phi) is 4.83. The Morgan fingerprint density at radius 2 is 2.16 bits per heavy atom. The molecule has 0 aromatic carbocycles. The van der Waals surface area contributed by atoms with Gasteiger partial charge in [-0.1, -0.05) is 5.16 Å². The predicted octanol–water partition coefficient (Wildman–Crippen LogP) is 2.90. The van der Waals surface area contributed by atoms with Crippen LogP contribution in [-0.2, 0) is 16.0 Å². The Balaban J connectivity index is 1.40. The molecule has 6 nitrogen and oxygen atoms in total. The Labute approximate surface area is 148 Å². The molecule has 0 saturated carbocycles. The molecule has 2 aliphatic heterocycles. The summed E-state index contributed by atoms with van der Waals surface area (Å²) in [6.45, 7) is 3.21. The van der Waals surface area contributed by atoms with E-state index in [0.29, 0.717) is 6.04 Å². The van der Waals surface area contributed by atoms with Crippen LogP contribution in [0.4, 0.5) is 0 Å². The molecule has 2 aromatic heterocycles. The summed E-state index contributed by atoms with van der Waals surface area (Å²) >= 11 is 0. The molecule has 0 amide bonds. The van der Waals surface area contributed by atoms with Gasteiger partial charge in [0.2, 0.25) is 0 Å². The average molecular weight is 343 g/mol. The summed E-state index contributed by atoms with van der Waals surface area (Å²) in [5, 5.41) is 4.19. The van der Waals surface area contributed by atoms with Gasteiger partial charge in [0, 0.05) is 49.9 Å². The molecular formula is C19H25N3O3. The quantitative estimate of drug-likeness (QED) is 0.851. The fourth-order valence-electron chi connectivity index (χ4n) is 3.88. The molecule has 134 valence electrons. The number of nitrogens with zero attached hydrogens (tertiary/aromatic N) is 3. The van der Waals surface area contributed by atoms with Gasteiger partial charge in [0.25, 0.3) is 0 Å². The molecule has 2 aliphatic rings. The molecule has 0 unspecified atom stereocenters. The molecule has 25 heavy (non-hydrogen) atoms. The molecule has 4 rings (SSSR count). The zero-order chi connectivity index (χ0) is 17.1. The molecule has 2 aromatic rings. The normalized spacial score (nSPS) is 23.2. The molecule has 2 fully saturated rings. The fourth-order valence-corrected chi connectivity index (χ4v) is 3.88. The van der Waals surface area contributed by atoms with Gasteiger partial charge >= 0.3 is 0 Å². The van der Waals surface area contributed by atoms with Crippen molar-refractivity contribution in [2.75, 3.05) is 26.9 Å².